The van der Waals surface area contributed by atoms with Crippen LogP contribution in [0.2, 0.25) is 0 Å². The van der Waals surface area contributed by atoms with Crippen LogP contribution in [0.4, 0.5) is 14.6 Å². The van der Waals surface area contributed by atoms with E-state index in [1.165, 1.54) is 30.1 Å². The molecule has 0 aliphatic carbocycles. The van der Waals surface area contributed by atoms with Gasteiger partial charge >= 0.3 is 0 Å². The van der Waals surface area contributed by atoms with Gasteiger partial charge < -0.3 is 5.32 Å². The van der Waals surface area contributed by atoms with E-state index in [4.69, 9.17) is 0 Å². The van der Waals surface area contributed by atoms with Crippen molar-refractivity contribution in [2.75, 3.05) is 11.1 Å². The lowest BCUT2D eigenvalue weighted by molar-refractivity contribution is -0.113. The number of fused-ring (bicyclic) bond motifs is 1. The third-order valence-electron chi connectivity index (χ3n) is 2.86. The molecule has 0 fully saturated rings. The summed E-state index contributed by atoms with van der Waals surface area (Å²) in [6.07, 6.45) is 1.52. The summed E-state index contributed by atoms with van der Waals surface area (Å²) in [5, 5.41) is 8.66. The minimum atomic E-state index is -0.897. The normalized spacial score (nSPS) is 18.6. The summed E-state index contributed by atoms with van der Waals surface area (Å²) in [7, 11) is 0. The van der Waals surface area contributed by atoms with Crippen molar-refractivity contribution >= 4 is 23.5 Å². The molecular weight excluding hydrogens is 272 g/mol. The molecule has 1 atom stereocenters. The lowest BCUT2D eigenvalue weighted by Crippen LogP contribution is -2.12. The number of nitrogens with zero attached hydrogens (tertiary/aromatic N) is 1. The Balaban J connectivity index is 2.11. The minimum Gasteiger partial charge on any atom is -0.310 e. The van der Waals surface area contributed by atoms with Crippen LogP contribution in [0, 0.1) is 11.6 Å². The highest BCUT2D eigenvalue weighted by Crippen LogP contribution is 2.41. The number of benzene rings is 1. The molecule has 0 unspecified atom stereocenters. The number of thioether (sulfide) groups is 1. The zero-order valence-electron chi connectivity index (χ0n) is 9.61. The second-order valence-electron chi connectivity index (χ2n) is 4.08. The molecule has 1 aromatic carbocycles. The Hall–Kier alpha value is -1.89. The Labute approximate surface area is 111 Å². The highest BCUT2D eigenvalue weighted by Gasteiger charge is 2.28. The van der Waals surface area contributed by atoms with E-state index in [1.807, 2.05) is 0 Å². The third kappa shape index (κ3) is 2.10. The SMILES string of the molecule is O=C1CS[C@H](c2cccc(F)c2F)c2cn[nH]c2N1. The summed E-state index contributed by atoms with van der Waals surface area (Å²) in [4.78, 5) is 11.5. The number of aromatic nitrogens is 2. The Bertz CT molecular complexity index is 644. The highest BCUT2D eigenvalue weighted by atomic mass is 32.2. The van der Waals surface area contributed by atoms with Crippen molar-refractivity contribution in [3.05, 3.63) is 47.2 Å². The summed E-state index contributed by atoms with van der Waals surface area (Å²) in [6, 6.07) is 4.04. The Morgan fingerprint density at radius 1 is 1.32 bits per heavy atom. The van der Waals surface area contributed by atoms with Crippen LogP contribution in [0.15, 0.2) is 24.4 Å². The van der Waals surface area contributed by atoms with E-state index < -0.39 is 16.9 Å². The summed E-state index contributed by atoms with van der Waals surface area (Å²) >= 11 is 1.24. The zero-order chi connectivity index (χ0) is 13.4. The maximum atomic E-state index is 13.9. The summed E-state index contributed by atoms with van der Waals surface area (Å²) < 4.78 is 27.2. The number of halogens is 2. The molecule has 0 radical (unpaired) electrons. The minimum absolute atomic E-state index is 0.170. The average Bonchev–Trinajstić information content (AvgIpc) is 2.77. The number of carbonyl (C=O) groups excluding carboxylic acids is 1. The van der Waals surface area contributed by atoms with Crippen molar-refractivity contribution in [2.24, 2.45) is 0 Å². The predicted octanol–water partition coefficient (Wildman–Crippen LogP) is 2.46. The van der Waals surface area contributed by atoms with Crippen LogP contribution in [0.25, 0.3) is 0 Å². The molecule has 2 aromatic rings. The lowest BCUT2D eigenvalue weighted by Gasteiger charge is -2.14. The topological polar surface area (TPSA) is 57.8 Å². The van der Waals surface area contributed by atoms with Gasteiger partial charge in [0.2, 0.25) is 5.91 Å². The first kappa shape index (κ1) is 12.2. The zero-order valence-corrected chi connectivity index (χ0v) is 10.4. The van der Waals surface area contributed by atoms with Crippen molar-refractivity contribution in [1.29, 1.82) is 0 Å². The highest BCUT2D eigenvalue weighted by molar-refractivity contribution is 8.00. The number of nitrogens with one attached hydrogen (secondary N) is 2. The van der Waals surface area contributed by atoms with E-state index in [-0.39, 0.29) is 17.2 Å². The van der Waals surface area contributed by atoms with E-state index >= 15 is 0 Å². The number of aromatic amines is 1. The molecule has 1 aromatic heterocycles. The maximum absolute atomic E-state index is 13.9. The van der Waals surface area contributed by atoms with Crippen LogP contribution in [-0.2, 0) is 4.79 Å². The van der Waals surface area contributed by atoms with Gasteiger partial charge in [0.15, 0.2) is 11.6 Å². The first-order valence-electron chi connectivity index (χ1n) is 5.55. The van der Waals surface area contributed by atoms with Crippen LogP contribution < -0.4 is 5.32 Å². The van der Waals surface area contributed by atoms with Crippen LogP contribution in [-0.4, -0.2) is 21.9 Å². The van der Waals surface area contributed by atoms with Crippen molar-refractivity contribution < 1.29 is 13.6 Å². The van der Waals surface area contributed by atoms with Crippen molar-refractivity contribution in [2.45, 2.75) is 5.25 Å². The Kier molecular flexibility index (Phi) is 2.98. The molecule has 2 heterocycles. The molecule has 3 rings (SSSR count). The smallest absolute Gasteiger partial charge is 0.235 e. The third-order valence-corrected chi connectivity index (χ3v) is 4.13. The van der Waals surface area contributed by atoms with E-state index in [9.17, 15) is 13.6 Å². The van der Waals surface area contributed by atoms with Crippen LogP contribution in [0.5, 0.6) is 0 Å². The van der Waals surface area contributed by atoms with Crippen LogP contribution in [0.3, 0.4) is 0 Å². The van der Waals surface area contributed by atoms with Crippen molar-refractivity contribution in [3.63, 3.8) is 0 Å². The standard InChI is InChI=1S/C12H9F2N3OS/c13-8-3-1-2-6(10(8)14)11-7-4-15-17-12(7)16-9(18)5-19-11/h1-4,11H,5H2,(H2,15,16,17,18)/t11-/m1/s1. The van der Waals surface area contributed by atoms with Gasteiger partial charge in [-0.15, -0.1) is 11.8 Å². The van der Waals surface area contributed by atoms with Gasteiger partial charge in [-0.2, -0.15) is 5.10 Å². The van der Waals surface area contributed by atoms with Gasteiger partial charge in [0.25, 0.3) is 0 Å². The first-order valence-corrected chi connectivity index (χ1v) is 6.60. The molecular formula is C12H9F2N3OS. The van der Waals surface area contributed by atoms with Gasteiger partial charge in [-0.3, -0.25) is 9.89 Å². The fourth-order valence-electron chi connectivity index (χ4n) is 2.00. The van der Waals surface area contributed by atoms with Crippen LogP contribution >= 0.6 is 11.8 Å². The number of carbonyl (C=O) groups is 1. The summed E-state index contributed by atoms with van der Waals surface area (Å²) in [5.74, 6) is -1.38. The molecule has 0 saturated carbocycles. The van der Waals surface area contributed by atoms with Crippen LogP contribution in [0.1, 0.15) is 16.4 Å². The van der Waals surface area contributed by atoms with E-state index in [1.54, 1.807) is 0 Å². The molecule has 0 spiro atoms. The second kappa shape index (κ2) is 4.65. The number of amides is 1. The molecule has 0 bridgehead atoms. The van der Waals surface area contributed by atoms with Gasteiger partial charge in [-0.05, 0) is 6.07 Å². The number of hydrogen-bond acceptors (Lipinski definition) is 3. The molecule has 0 saturated heterocycles. The van der Waals surface area contributed by atoms with Gasteiger partial charge in [0.05, 0.1) is 17.2 Å². The maximum Gasteiger partial charge on any atom is 0.235 e. The van der Waals surface area contributed by atoms with Crippen molar-refractivity contribution in [3.8, 4) is 0 Å². The number of rotatable bonds is 1. The first-order chi connectivity index (χ1) is 9.16. The number of hydrogen-bond donors (Lipinski definition) is 2. The Morgan fingerprint density at radius 2 is 2.16 bits per heavy atom. The molecule has 1 aliphatic rings. The molecule has 4 nitrogen and oxygen atoms in total. The fourth-order valence-corrected chi connectivity index (χ4v) is 3.11. The molecule has 2 N–H and O–H groups in total. The fraction of sp³-hybridized carbons (Fsp3) is 0.167. The largest absolute Gasteiger partial charge is 0.310 e. The predicted molar refractivity (Wildman–Crippen MR) is 67.9 cm³/mol. The number of H-pyrrole nitrogens is 1. The van der Waals surface area contributed by atoms with Crippen molar-refractivity contribution in [1.82, 2.24) is 10.2 Å². The van der Waals surface area contributed by atoms with Gasteiger partial charge in [0, 0.05) is 11.1 Å². The molecule has 19 heavy (non-hydrogen) atoms. The second-order valence-corrected chi connectivity index (χ2v) is 5.18. The van der Waals surface area contributed by atoms with E-state index in [0.29, 0.717) is 11.4 Å². The number of anilines is 1. The lowest BCUT2D eigenvalue weighted by atomic mass is 10.1. The molecule has 7 heteroatoms. The van der Waals surface area contributed by atoms with Gasteiger partial charge in [-0.1, -0.05) is 12.1 Å². The van der Waals surface area contributed by atoms with E-state index in [0.717, 1.165) is 6.07 Å². The summed E-state index contributed by atoms with van der Waals surface area (Å²) in [5.41, 5.74) is 0.851. The molecule has 98 valence electrons. The van der Waals surface area contributed by atoms with Gasteiger partial charge in [0.1, 0.15) is 5.82 Å². The monoisotopic (exact) mass is 281 g/mol. The molecule has 1 aliphatic heterocycles. The summed E-state index contributed by atoms with van der Waals surface area (Å²) in [6.45, 7) is 0. The Morgan fingerprint density at radius 3 is 3.00 bits per heavy atom. The van der Waals surface area contributed by atoms with Gasteiger partial charge in [-0.25, -0.2) is 8.78 Å². The quantitative estimate of drug-likeness (QED) is 0.844. The molecule has 1 amide bonds. The average molecular weight is 281 g/mol. The van der Waals surface area contributed by atoms with E-state index in [2.05, 4.69) is 15.5 Å².